The molecular weight excluding hydrogens is 579 g/mol. The number of aromatic nitrogens is 2. The number of carboxylic acids is 1. The minimum Gasteiger partial charge on any atom is -0.481 e. The lowest BCUT2D eigenvalue weighted by molar-refractivity contribution is -0.137. The van der Waals surface area contributed by atoms with Gasteiger partial charge in [0.1, 0.15) is 11.0 Å². The lowest BCUT2D eigenvalue weighted by Gasteiger charge is -2.27. The second-order valence-electron chi connectivity index (χ2n) is 9.08. The fourth-order valence-electron chi connectivity index (χ4n) is 4.65. The Balaban J connectivity index is 1.32. The van der Waals surface area contributed by atoms with E-state index < -0.39 is 5.97 Å². The van der Waals surface area contributed by atoms with Gasteiger partial charge in [0.25, 0.3) is 0 Å². The van der Waals surface area contributed by atoms with E-state index in [-0.39, 0.29) is 30.9 Å². The van der Waals surface area contributed by atoms with E-state index >= 15 is 0 Å². The second-order valence-corrected chi connectivity index (χ2v) is 12.1. The molecule has 1 aliphatic rings. The zero-order chi connectivity index (χ0) is 27.5. The summed E-state index contributed by atoms with van der Waals surface area (Å²) in [5, 5.41) is 14.6. The fraction of sp³-hybridized carbons (Fsp3) is 0.333. The van der Waals surface area contributed by atoms with Gasteiger partial charge in [-0.05, 0) is 49.6 Å². The number of ether oxygens (including phenoxy) is 1. The summed E-state index contributed by atoms with van der Waals surface area (Å²) in [5.74, 6) is -0.957. The summed E-state index contributed by atoms with van der Waals surface area (Å²) in [6.07, 6.45) is 2.71. The molecule has 0 radical (unpaired) electrons. The first kappa shape index (κ1) is 27.8. The minimum absolute atomic E-state index is 0.0346. The number of thiazole rings is 2. The minimum atomic E-state index is -0.855. The Morgan fingerprint density at radius 1 is 1.21 bits per heavy atom. The van der Waals surface area contributed by atoms with E-state index in [4.69, 9.17) is 33.0 Å². The summed E-state index contributed by atoms with van der Waals surface area (Å²) in [5.41, 5.74) is 2.14. The van der Waals surface area contributed by atoms with Crippen molar-refractivity contribution in [3.05, 3.63) is 68.1 Å². The molecule has 0 saturated carbocycles. The van der Waals surface area contributed by atoms with Crippen molar-refractivity contribution in [3.8, 4) is 0 Å². The number of halogens is 2. The van der Waals surface area contributed by atoms with E-state index in [0.29, 0.717) is 52.4 Å². The van der Waals surface area contributed by atoms with Crippen LogP contribution in [0.3, 0.4) is 0 Å². The van der Waals surface area contributed by atoms with Crippen molar-refractivity contribution in [2.75, 3.05) is 18.5 Å². The molecule has 204 valence electrons. The molecule has 4 aromatic rings. The van der Waals surface area contributed by atoms with E-state index in [1.54, 1.807) is 23.2 Å². The molecule has 3 heterocycles. The summed E-state index contributed by atoms with van der Waals surface area (Å²) in [6.45, 7) is 2.97. The van der Waals surface area contributed by atoms with Crippen molar-refractivity contribution in [1.82, 2.24) is 14.9 Å². The van der Waals surface area contributed by atoms with Crippen molar-refractivity contribution in [2.24, 2.45) is 0 Å². The zero-order valence-corrected chi connectivity index (χ0v) is 24.2. The third kappa shape index (κ3) is 6.36. The molecule has 1 aliphatic heterocycles. The SMILES string of the molecule is CCO[C@H]1CCN(C(=O)Cc2cc(Cl)c(Nc3nc4ccccc4s3)cc2Cl)[C@@H]1c1ncc(CCC(=O)O)s1. The predicted octanol–water partition coefficient (Wildman–Crippen LogP) is 6.74. The Labute approximate surface area is 243 Å². The molecule has 2 aromatic heterocycles. The number of hydrogen-bond acceptors (Lipinski definition) is 8. The highest BCUT2D eigenvalue weighted by Gasteiger charge is 2.40. The summed E-state index contributed by atoms with van der Waals surface area (Å²) >= 11 is 16.2. The smallest absolute Gasteiger partial charge is 0.303 e. The normalized spacial score (nSPS) is 17.2. The second kappa shape index (κ2) is 12.2. The van der Waals surface area contributed by atoms with Crippen molar-refractivity contribution >= 4 is 78.8 Å². The van der Waals surface area contributed by atoms with E-state index in [9.17, 15) is 9.59 Å². The number of benzene rings is 2. The fourth-order valence-corrected chi connectivity index (χ4v) is 7.08. The van der Waals surface area contributed by atoms with Crippen LogP contribution in [0.4, 0.5) is 10.8 Å². The number of aryl methyl sites for hydroxylation is 1. The van der Waals surface area contributed by atoms with Crippen LogP contribution in [0.25, 0.3) is 10.2 Å². The molecular formula is C27H26Cl2N4O4S2. The van der Waals surface area contributed by atoms with E-state index in [1.165, 1.54) is 22.7 Å². The average Bonchev–Trinajstić information content (AvgIpc) is 3.63. The number of aliphatic carboxylic acids is 1. The van der Waals surface area contributed by atoms with E-state index in [0.717, 1.165) is 20.1 Å². The molecule has 0 spiro atoms. The summed E-state index contributed by atoms with van der Waals surface area (Å²) in [4.78, 5) is 36.3. The molecule has 12 heteroatoms. The highest BCUT2D eigenvalue weighted by atomic mass is 35.5. The molecule has 1 saturated heterocycles. The van der Waals surface area contributed by atoms with Crippen LogP contribution in [0, 0.1) is 0 Å². The number of nitrogens with one attached hydrogen (secondary N) is 1. The predicted molar refractivity (Wildman–Crippen MR) is 156 cm³/mol. The molecule has 0 bridgehead atoms. The van der Waals surface area contributed by atoms with Crippen molar-refractivity contribution in [3.63, 3.8) is 0 Å². The monoisotopic (exact) mass is 604 g/mol. The molecule has 1 fully saturated rings. The van der Waals surface area contributed by atoms with Gasteiger partial charge in [-0.2, -0.15) is 0 Å². The van der Waals surface area contributed by atoms with Crippen molar-refractivity contribution < 1.29 is 19.4 Å². The van der Waals surface area contributed by atoms with Crippen LogP contribution in [0.5, 0.6) is 0 Å². The quantitative estimate of drug-likeness (QED) is 0.206. The van der Waals surface area contributed by atoms with Gasteiger partial charge >= 0.3 is 5.97 Å². The van der Waals surface area contributed by atoms with Gasteiger partial charge in [-0.3, -0.25) is 9.59 Å². The Kier molecular flexibility index (Phi) is 8.68. The Morgan fingerprint density at radius 2 is 2.03 bits per heavy atom. The van der Waals surface area contributed by atoms with Crippen LogP contribution < -0.4 is 5.32 Å². The highest BCUT2D eigenvalue weighted by Crippen LogP contribution is 2.39. The number of carbonyl (C=O) groups excluding carboxylic acids is 1. The van der Waals surface area contributed by atoms with Gasteiger partial charge in [0.15, 0.2) is 5.13 Å². The van der Waals surface area contributed by atoms with Crippen LogP contribution in [0.1, 0.15) is 41.3 Å². The molecule has 5 rings (SSSR count). The molecule has 39 heavy (non-hydrogen) atoms. The van der Waals surface area contributed by atoms with Gasteiger partial charge in [-0.1, -0.05) is 46.7 Å². The zero-order valence-electron chi connectivity index (χ0n) is 21.0. The van der Waals surface area contributed by atoms with E-state index in [2.05, 4.69) is 15.3 Å². The Morgan fingerprint density at radius 3 is 2.79 bits per heavy atom. The largest absolute Gasteiger partial charge is 0.481 e. The van der Waals surface area contributed by atoms with Gasteiger partial charge in [0, 0.05) is 29.2 Å². The van der Waals surface area contributed by atoms with Gasteiger partial charge in [-0.15, -0.1) is 11.3 Å². The number of nitrogens with zero attached hydrogens (tertiary/aromatic N) is 3. The highest BCUT2D eigenvalue weighted by molar-refractivity contribution is 7.22. The van der Waals surface area contributed by atoms with Gasteiger partial charge < -0.3 is 20.1 Å². The molecule has 1 amide bonds. The third-order valence-electron chi connectivity index (χ3n) is 6.47. The van der Waals surface area contributed by atoms with Gasteiger partial charge in [0.2, 0.25) is 5.91 Å². The van der Waals surface area contributed by atoms with E-state index in [1.807, 2.05) is 31.2 Å². The number of rotatable bonds is 10. The lowest BCUT2D eigenvalue weighted by atomic mass is 10.1. The first-order valence-corrected chi connectivity index (χ1v) is 14.9. The number of likely N-dealkylation sites (tertiary alicyclic amines) is 1. The average molecular weight is 606 g/mol. The topological polar surface area (TPSA) is 105 Å². The molecule has 2 N–H and O–H groups in total. The first-order valence-electron chi connectivity index (χ1n) is 12.5. The summed E-state index contributed by atoms with van der Waals surface area (Å²) < 4.78 is 7.02. The Bertz CT molecular complexity index is 1480. The maximum Gasteiger partial charge on any atom is 0.303 e. The molecule has 8 nitrogen and oxygen atoms in total. The first-order chi connectivity index (χ1) is 18.8. The van der Waals surface area contributed by atoms with Crippen LogP contribution >= 0.6 is 45.9 Å². The number of carboxylic acid groups (broad SMARTS) is 1. The van der Waals surface area contributed by atoms with Crippen molar-refractivity contribution in [2.45, 2.75) is 44.8 Å². The summed E-state index contributed by atoms with van der Waals surface area (Å²) in [7, 11) is 0. The molecule has 2 aromatic carbocycles. The van der Waals surface area contributed by atoms with Crippen molar-refractivity contribution in [1.29, 1.82) is 0 Å². The lowest BCUT2D eigenvalue weighted by Crippen LogP contribution is -2.35. The molecule has 2 atom stereocenters. The van der Waals surface area contributed by atoms with Crippen LogP contribution in [-0.4, -0.2) is 51.1 Å². The maximum atomic E-state index is 13.6. The summed E-state index contributed by atoms with van der Waals surface area (Å²) in [6, 6.07) is 11.0. The molecule has 0 aliphatic carbocycles. The van der Waals surface area contributed by atoms with Crippen LogP contribution in [0.15, 0.2) is 42.6 Å². The number of fused-ring (bicyclic) bond motifs is 1. The maximum absolute atomic E-state index is 13.6. The number of amides is 1. The van der Waals surface area contributed by atoms with Gasteiger partial charge in [0.05, 0.1) is 39.9 Å². The number of anilines is 2. The third-order valence-corrected chi connectivity index (χ3v) is 9.21. The standard InChI is InChI=1S/C27H26Cl2N4O4S2/c1-2-37-21-9-10-33(25(21)26-30-14-16(38-26)7-8-24(35)36)23(34)12-15-11-18(29)20(13-17(15)28)32-27-31-19-5-3-4-6-22(19)39-27/h3-6,11,13-14,21,25H,2,7-10,12H2,1H3,(H,31,32)(H,35,36)/t21-,25-/m0/s1. The number of para-hydroxylation sites is 1. The molecule has 0 unspecified atom stereocenters. The van der Waals surface area contributed by atoms with Gasteiger partial charge in [-0.25, -0.2) is 9.97 Å². The van der Waals surface area contributed by atoms with Crippen LogP contribution in [0.2, 0.25) is 10.0 Å². The Hall–Kier alpha value is -2.76. The van der Waals surface area contributed by atoms with Crippen LogP contribution in [-0.2, 0) is 27.2 Å². The number of carbonyl (C=O) groups is 2. The number of hydrogen-bond donors (Lipinski definition) is 2.